The van der Waals surface area contributed by atoms with Gasteiger partial charge in [0.2, 0.25) is 0 Å². The van der Waals surface area contributed by atoms with Crippen molar-refractivity contribution in [3.05, 3.63) is 137 Å². The van der Waals surface area contributed by atoms with Crippen LogP contribution in [-0.2, 0) is 15.6 Å². The molecular weight excluding hydrogens is 412 g/mol. The van der Waals surface area contributed by atoms with Gasteiger partial charge in [-0.3, -0.25) is 0 Å². The molecule has 0 N–H and O–H groups in total. The summed E-state index contributed by atoms with van der Waals surface area (Å²) < 4.78 is 25.7. The van der Waals surface area contributed by atoms with Gasteiger partial charge in [-0.05, 0) is 48.0 Å². The van der Waals surface area contributed by atoms with E-state index in [-0.39, 0.29) is 5.75 Å². The highest BCUT2D eigenvalue weighted by Gasteiger charge is 2.16. The van der Waals surface area contributed by atoms with Crippen LogP contribution in [0.15, 0.2) is 114 Å². The maximum Gasteiger partial charge on any atom is 0.182 e. The maximum atomic E-state index is 12.8. The molecule has 0 unspecified atom stereocenters. The molecule has 4 aromatic carbocycles. The van der Waals surface area contributed by atoms with Crippen LogP contribution in [-0.4, -0.2) is 8.42 Å². The predicted molar refractivity (Wildman–Crippen MR) is 129 cm³/mol. The number of hydrogen-bond acceptors (Lipinski definition) is 2. The molecule has 0 aliphatic heterocycles. The zero-order valence-electron chi connectivity index (χ0n) is 17.3. The highest BCUT2D eigenvalue weighted by atomic mass is 32.2. The number of sulfone groups is 1. The van der Waals surface area contributed by atoms with Gasteiger partial charge in [-0.15, -0.1) is 0 Å². The zero-order valence-corrected chi connectivity index (χ0v) is 18.1. The van der Waals surface area contributed by atoms with Gasteiger partial charge in [0.05, 0.1) is 10.6 Å². The first kappa shape index (κ1) is 21.2. The van der Waals surface area contributed by atoms with E-state index in [4.69, 9.17) is 0 Å². The topological polar surface area (TPSA) is 34.1 Å². The summed E-state index contributed by atoms with van der Waals surface area (Å²) in [5, 5.41) is 0. The minimum atomic E-state index is -3.46. The van der Waals surface area contributed by atoms with E-state index in [0.29, 0.717) is 16.0 Å². The van der Waals surface area contributed by atoms with E-state index in [1.165, 1.54) is 0 Å². The van der Waals surface area contributed by atoms with Crippen LogP contribution in [0, 0.1) is 23.7 Å². The molecule has 32 heavy (non-hydrogen) atoms. The first-order chi connectivity index (χ1) is 15.6. The molecule has 154 valence electrons. The summed E-state index contributed by atoms with van der Waals surface area (Å²) in [6.45, 7) is 0. The Balaban J connectivity index is 1.65. The van der Waals surface area contributed by atoms with E-state index in [1.54, 1.807) is 30.3 Å². The van der Waals surface area contributed by atoms with E-state index >= 15 is 0 Å². The van der Waals surface area contributed by atoms with Gasteiger partial charge < -0.3 is 0 Å². The molecule has 4 rings (SSSR count). The van der Waals surface area contributed by atoms with Crippen LogP contribution in [0.25, 0.3) is 0 Å². The summed E-state index contributed by atoms with van der Waals surface area (Å²) in [6, 6.07) is 33.4. The second-order valence-electron chi connectivity index (χ2n) is 7.14. The number of rotatable bonds is 3. The third kappa shape index (κ3) is 5.35. The third-order valence-corrected chi connectivity index (χ3v) is 6.52. The van der Waals surface area contributed by atoms with E-state index in [2.05, 4.69) is 23.7 Å². The van der Waals surface area contributed by atoms with Crippen molar-refractivity contribution in [2.75, 3.05) is 0 Å². The molecule has 0 heterocycles. The molecule has 0 aromatic heterocycles. The first-order valence-corrected chi connectivity index (χ1v) is 11.8. The molecule has 4 aromatic rings. The minimum absolute atomic E-state index is 0.0999. The number of benzene rings is 4. The molecular formula is C29H20O2S. The van der Waals surface area contributed by atoms with Gasteiger partial charge in [-0.1, -0.05) is 90.4 Å². The molecule has 0 saturated carbocycles. The van der Waals surface area contributed by atoms with Gasteiger partial charge in [0.15, 0.2) is 9.84 Å². The fourth-order valence-corrected chi connectivity index (χ4v) is 4.58. The van der Waals surface area contributed by atoms with Crippen molar-refractivity contribution in [1.29, 1.82) is 0 Å². The monoisotopic (exact) mass is 432 g/mol. The zero-order chi connectivity index (χ0) is 22.2. The maximum absolute atomic E-state index is 12.8. The Labute approximate surface area is 189 Å². The molecule has 0 atom stereocenters. The van der Waals surface area contributed by atoms with Gasteiger partial charge in [-0.2, -0.15) is 0 Å². The standard InChI is InChI=1S/C29H20O2S/c30-32(31,29-17-5-2-6-18-29)23-28-16-10-9-15-27(28)22-21-26-14-8-7-13-25(26)20-19-24-11-3-1-4-12-24/h1-18H,23H2. The molecule has 0 radical (unpaired) electrons. The van der Waals surface area contributed by atoms with Crippen molar-refractivity contribution in [2.45, 2.75) is 10.6 Å². The van der Waals surface area contributed by atoms with E-state index in [9.17, 15) is 8.42 Å². The van der Waals surface area contributed by atoms with Crippen LogP contribution in [0.3, 0.4) is 0 Å². The van der Waals surface area contributed by atoms with Gasteiger partial charge in [0.25, 0.3) is 0 Å². The second-order valence-corrected chi connectivity index (χ2v) is 9.13. The molecule has 0 spiro atoms. The fourth-order valence-electron chi connectivity index (χ4n) is 3.18. The van der Waals surface area contributed by atoms with Crippen molar-refractivity contribution < 1.29 is 8.42 Å². The van der Waals surface area contributed by atoms with Gasteiger partial charge >= 0.3 is 0 Å². The molecule has 0 bridgehead atoms. The average molecular weight is 433 g/mol. The molecule has 0 fully saturated rings. The smallest absolute Gasteiger partial charge is 0.182 e. The van der Waals surface area contributed by atoms with Gasteiger partial charge in [0.1, 0.15) is 0 Å². The lowest BCUT2D eigenvalue weighted by molar-refractivity contribution is 0.595. The fraction of sp³-hybridized carbons (Fsp3) is 0.0345. The summed E-state index contributed by atoms with van der Waals surface area (Å²) in [4.78, 5) is 0.310. The van der Waals surface area contributed by atoms with Crippen LogP contribution in [0.4, 0.5) is 0 Å². The molecule has 0 aliphatic carbocycles. The lowest BCUT2D eigenvalue weighted by Crippen LogP contribution is -2.06. The van der Waals surface area contributed by atoms with Crippen LogP contribution in [0.1, 0.15) is 27.8 Å². The molecule has 0 amide bonds. The van der Waals surface area contributed by atoms with Crippen LogP contribution < -0.4 is 0 Å². The van der Waals surface area contributed by atoms with Crippen LogP contribution in [0.5, 0.6) is 0 Å². The summed E-state index contributed by atoms with van der Waals surface area (Å²) in [6.07, 6.45) is 0. The third-order valence-electron chi connectivity index (χ3n) is 4.84. The van der Waals surface area contributed by atoms with Gasteiger partial charge in [-0.25, -0.2) is 8.42 Å². The van der Waals surface area contributed by atoms with Crippen molar-refractivity contribution in [1.82, 2.24) is 0 Å². The number of hydrogen-bond donors (Lipinski definition) is 0. The Morgan fingerprint density at radius 1 is 0.500 bits per heavy atom. The van der Waals surface area contributed by atoms with E-state index in [0.717, 1.165) is 16.7 Å². The largest absolute Gasteiger partial charge is 0.223 e. The van der Waals surface area contributed by atoms with Crippen molar-refractivity contribution >= 4 is 9.84 Å². The van der Waals surface area contributed by atoms with Crippen LogP contribution in [0.2, 0.25) is 0 Å². The predicted octanol–water partition coefficient (Wildman–Crippen LogP) is 5.46. The summed E-state index contributed by atoms with van der Waals surface area (Å²) >= 11 is 0. The van der Waals surface area contributed by atoms with Gasteiger partial charge in [0, 0.05) is 22.3 Å². The quantitative estimate of drug-likeness (QED) is 0.403. The highest BCUT2D eigenvalue weighted by Crippen LogP contribution is 2.19. The molecule has 2 nitrogen and oxygen atoms in total. The Morgan fingerprint density at radius 3 is 1.62 bits per heavy atom. The Hall–Kier alpha value is -4.05. The summed E-state index contributed by atoms with van der Waals surface area (Å²) in [5.74, 6) is 12.6. The molecule has 0 saturated heterocycles. The van der Waals surface area contributed by atoms with Crippen molar-refractivity contribution in [3.63, 3.8) is 0 Å². The van der Waals surface area contributed by atoms with E-state index in [1.807, 2.05) is 78.9 Å². The Bertz CT molecular complexity index is 1450. The summed E-state index contributed by atoms with van der Waals surface area (Å²) in [5.41, 5.74) is 3.94. The van der Waals surface area contributed by atoms with Crippen LogP contribution >= 0.6 is 0 Å². The minimum Gasteiger partial charge on any atom is -0.223 e. The van der Waals surface area contributed by atoms with Crippen molar-refractivity contribution in [3.8, 4) is 23.7 Å². The lowest BCUT2D eigenvalue weighted by Gasteiger charge is -2.06. The lowest BCUT2D eigenvalue weighted by atomic mass is 10.1. The molecule has 0 aliphatic rings. The Morgan fingerprint density at radius 2 is 0.969 bits per heavy atom. The second kappa shape index (κ2) is 9.84. The summed E-state index contributed by atoms with van der Waals surface area (Å²) in [7, 11) is -3.46. The normalized spacial score (nSPS) is 10.4. The first-order valence-electron chi connectivity index (χ1n) is 10.2. The highest BCUT2D eigenvalue weighted by molar-refractivity contribution is 7.90. The Kier molecular flexibility index (Phi) is 6.52. The average Bonchev–Trinajstić information content (AvgIpc) is 2.84. The van der Waals surface area contributed by atoms with E-state index < -0.39 is 9.84 Å². The molecule has 3 heteroatoms. The van der Waals surface area contributed by atoms with Crippen molar-refractivity contribution in [2.24, 2.45) is 0 Å². The SMILES string of the molecule is O=S(=O)(Cc1ccccc1C#Cc1ccccc1C#Cc1ccccc1)c1ccccc1.